The molecule has 0 amide bonds. The molecule has 0 aliphatic rings. The monoisotopic (exact) mass is 183 g/mol. The van der Waals surface area contributed by atoms with Crippen LogP contribution in [-0.2, 0) is 6.54 Å². The summed E-state index contributed by atoms with van der Waals surface area (Å²) in [5, 5.41) is 12.4. The molecule has 3 N–H and O–H groups in total. The summed E-state index contributed by atoms with van der Waals surface area (Å²) in [5.41, 5.74) is 0.846. The van der Waals surface area contributed by atoms with Crippen LogP contribution >= 0.6 is 0 Å². The molecule has 0 fully saturated rings. The minimum atomic E-state index is -0.189. The van der Waals surface area contributed by atoms with Crippen LogP contribution in [0.4, 0.5) is 0 Å². The van der Waals surface area contributed by atoms with Gasteiger partial charge in [0, 0.05) is 24.0 Å². The van der Waals surface area contributed by atoms with E-state index in [9.17, 15) is 0 Å². The number of hydrogen-bond acceptors (Lipinski definition) is 3. The third-order valence-corrected chi connectivity index (χ3v) is 2.39. The lowest BCUT2D eigenvalue weighted by Crippen LogP contribution is -2.44. The van der Waals surface area contributed by atoms with Gasteiger partial charge in [-0.05, 0) is 13.3 Å². The molecule has 1 rings (SSSR count). The van der Waals surface area contributed by atoms with Crippen LogP contribution in [-0.4, -0.2) is 27.2 Å². The largest absolute Gasteiger partial charge is 0.394 e. The Balaban J connectivity index is 2.41. The van der Waals surface area contributed by atoms with E-state index in [2.05, 4.69) is 22.2 Å². The molecular formula is C9H17N3O. The third-order valence-electron chi connectivity index (χ3n) is 2.39. The van der Waals surface area contributed by atoms with Crippen LogP contribution in [0.1, 0.15) is 26.0 Å². The molecule has 4 heteroatoms. The second-order valence-corrected chi connectivity index (χ2v) is 3.50. The van der Waals surface area contributed by atoms with Gasteiger partial charge in [0.2, 0.25) is 0 Å². The standard InChI is InChI=1S/C9H17N3O/c1-3-9(2,6-13)12-5-8-4-10-7-11-8/h4,7,12-13H,3,5-6H2,1-2H3,(H,10,11). The fraction of sp³-hybridized carbons (Fsp3) is 0.667. The number of aliphatic hydroxyl groups is 1. The van der Waals surface area contributed by atoms with Gasteiger partial charge in [0.25, 0.3) is 0 Å². The number of aliphatic hydroxyl groups excluding tert-OH is 1. The zero-order valence-corrected chi connectivity index (χ0v) is 8.17. The van der Waals surface area contributed by atoms with E-state index < -0.39 is 0 Å². The minimum absolute atomic E-state index is 0.150. The van der Waals surface area contributed by atoms with Crippen LogP contribution in [0.15, 0.2) is 12.5 Å². The maximum absolute atomic E-state index is 9.13. The molecule has 1 heterocycles. The number of H-pyrrole nitrogens is 1. The Labute approximate surface area is 78.4 Å². The number of nitrogens with one attached hydrogen (secondary N) is 2. The van der Waals surface area contributed by atoms with Crippen molar-refractivity contribution in [2.75, 3.05) is 6.61 Å². The minimum Gasteiger partial charge on any atom is -0.394 e. The van der Waals surface area contributed by atoms with Crippen LogP contribution in [0, 0.1) is 0 Å². The lowest BCUT2D eigenvalue weighted by Gasteiger charge is -2.26. The summed E-state index contributed by atoms with van der Waals surface area (Å²) in [7, 11) is 0. The molecular weight excluding hydrogens is 166 g/mol. The van der Waals surface area contributed by atoms with Crippen LogP contribution in [0.25, 0.3) is 0 Å². The highest BCUT2D eigenvalue weighted by molar-refractivity contribution is 4.95. The van der Waals surface area contributed by atoms with E-state index >= 15 is 0 Å². The molecule has 0 radical (unpaired) electrons. The van der Waals surface area contributed by atoms with Gasteiger partial charge in [0.15, 0.2) is 0 Å². The molecule has 1 atom stereocenters. The van der Waals surface area contributed by atoms with Gasteiger partial charge in [0.05, 0.1) is 12.9 Å². The predicted octanol–water partition coefficient (Wildman–Crippen LogP) is 0.660. The second-order valence-electron chi connectivity index (χ2n) is 3.50. The highest BCUT2D eigenvalue weighted by Gasteiger charge is 2.19. The first-order valence-corrected chi connectivity index (χ1v) is 4.53. The van der Waals surface area contributed by atoms with Gasteiger partial charge in [-0.3, -0.25) is 0 Å². The van der Waals surface area contributed by atoms with Gasteiger partial charge in [-0.1, -0.05) is 6.92 Å². The predicted molar refractivity (Wildman–Crippen MR) is 51.2 cm³/mol. The van der Waals surface area contributed by atoms with Gasteiger partial charge in [-0.15, -0.1) is 0 Å². The van der Waals surface area contributed by atoms with Gasteiger partial charge in [-0.25, -0.2) is 4.98 Å². The summed E-state index contributed by atoms with van der Waals surface area (Å²) in [4.78, 5) is 6.92. The van der Waals surface area contributed by atoms with Crippen molar-refractivity contribution in [3.05, 3.63) is 18.2 Å². The molecule has 0 saturated carbocycles. The van der Waals surface area contributed by atoms with E-state index in [0.29, 0.717) is 6.54 Å². The second kappa shape index (κ2) is 4.39. The van der Waals surface area contributed by atoms with Crippen molar-refractivity contribution in [2.45, 2.75) is 32.4 Å². The van der Waals surface area contributed by atoms with E-state index in [1.54, 1.807) is 12.5 Å². The summed E-state index contributed by atoms with van der Waals surface area (Å²) in [6.45, 7) is 4.92. The number of imidazole rings is 1. The van der Waals surface area contributed by atoms with Gasteiger partial charge in [0.1, 0.15) is 0 Å². The van der Waals surface area contributed by atoms with Crippen molar-refractivity contribution in [3.8, 4) is 0 Å². The molecule has 1 aromatic rings. The van der Waals surface area contributed by atoms with Gasteiger partial charge < -0.3 is 15.4 Å². The Morgan fingerprint density at radius 3 is 2.92 bits per heavy atom. The van der Waals surface area contributed by atoms with Crippen molar-refractivity contribution in [1.29, 1.82) is 0 Å². The molecule has 0 spiro atoms. The normalized spacial score (nSPS) is 15.6. The van der Waals surface area contributed by atoms with Crippen molar-refractivity contribution in [2.24, 2.45) is 0 Å². The van der Waals surface area contributed by atoms with Crippen LogP contribution in [0.3, 0.4) is 0 Å². The maximum Gasteiger partial charge on any atom is 0.0922 e. The van der Waals surface area contributed by atoms with E-state index in [-0.39, 0.29) is 12.1 Å². The number of aromatic amines is 1. The van der Waals surface area contributed by atoms with Gasteiger partial charge in [-0.2, -0.15) is 0 Å². The SMILES string of the molecule is CCC(C)(CO)NCc1cnc[nH]1. The summed E-state index contributed by atoms with van der Waals surface area (Å²) in [6.07, 6.45) is 4.33. The molecule has 0 aliphatic heterocycles. The van der Waals surface area contributed by atoms with E-state index in [1.165, 1.54) is 0 Å². The summed E-state index contributed by atoms with van der Waals surface area (Å²) >= 11 is 0. The summed E-state index contributed by atoms with van der Waals surface area (Å²) in [6, 6.07) is 0. The summed E-state index contributed by atoms with van der Waals surface area (Å²) in [5.74, 6) is 0. The third kappa shape index (κ3) is 2.82. The fourth-order valence-electron chi connectivity index (χ4n) is 0.983. The lowest BCUT2D eigenvalue weighted by molar-refractivity contribution is 0.168. The molecule has 4 nitrogen and oxygen atoms in total. The Morgan fingerprint density at radius 1 is 1.69 bits per heavy atom. The first-order valence-electron chi connectivity index (χ1n) is 4.53. The van der Waals surface area contributed by atoms with Gasteiger partial charge >= 0.3 is 0 Å². The highest BCUT2D eigenvalue weighted by Crippen LogP contribution is 2.08. The van der Waals surface area contributed by atoms with Crippen molar-refractivity contribution >= 4 is 0 Å². The quantitative estimate of drug-likeness (QED) is 0.628. The average Bonchev–Trinajstić information content (AvgIpc) is 2.67. The zero-order valence-electron chi connectivity index (χ0n) is 8.17. The molecule has 74 valence electrons. The smallest absolute Gasteiger partial charge is 0.0922 e. The average molecular weight is 183 g/mol. The van der Waals surface area contributed by atoms with Crippen LogP contribution in [0.5, 0.6) is 0 Å². The molecule has 1 aromatic heterocycles. The molecule has 1 unspecified atom stereocenters. The first-order chi connectivity index (χ1) is 6.20. The van der Waals surface area contributed by atoms with E-state index in [4.69, 9.17) is 5.11 Å². The number of rotatable bonds is 5. The van der Waals surface area contributed by atoms with Crippen molar-refractivity contribution < 1.29 is 5.11 Å². The van der Waals surface area contributed by atoms with E-state index in [0.717, 1.165) is 12.1 Å². The van der Waals surface area contributed by atoms with Crippen LogP contribution < -0.4 is 5.32 Å². The number of hydrogen-bond donors (Lipinski definition) is 3. The molecule has 0 saturated heterocycles. The molecule has 0 aromatic carbocycles. The Bertz CT molecular complexity index is 229. The van der Waals surface area contributed by atoms with Crippen molar-refractivity contribution in [3.63, 3.8) is 0 Å². The summed E-state index contributed by atoms with van der Waals surface area (Å²) < 4.78 is 0. The molecule has 0 aliphatic carbocycles. The number of aromatic nitrogens is 2. The fourth-order valence-corrected chi connectivity index (χ4v) is 0.983. The highest BCUT2D eigenvalue weighted by atomic mass is 16.3. The lowest BCUT2D eigenvalue weighted by atomic mass is 10.0. The Hall–Kier alpha value is -0.870. The maximum atomic E-state index is 9.13. The Morgan fingerprint density at radius 2 is 2.46 bits per heavy atom. The Kier molecular flexibility index (Phi) is 3.45. The topological polar surface area (TPSA) is 60.9 Å². The molecule has 13 heavy (non-hydrogen) atoms. The molecule has 0 bridgehead atoms. The van der Waals surface area contributed by atoms with Crippen molar-refractivity contribution in [1.82, 2.24) is 15.3 Å². The zero-order chi connectivity index (χ0) is 9.73. The van der Waals surface area contributed by atoms with E-state index in [1.807, 2.05) is 6.92 Å². The first kappa shape index (κ1) is 10.2. The number of nitrogens with zero attached hydrogens (tertiary/aromatic N) is 1. The van der Waals surface area contributed by atoms with Crippen LogP contribution in [0.2, 0.25) is 0 Å².